The molecule has 4 aromatic rings. The molecule has 0 spiro atoms. The summed E-state index contributed by atoms with van der Waals surface area (Å²) >= 11 is 0. The van der Waals surface area contributed by atoms with Crippen LogP contribution < -0.4 is 10.5 Å². The number of aromatic nitrogens is 4. The van der Waals surface area contributed by atoms with Gasteiger partial charge in [0.05, 0.1) is 6.20 Å². The van der Waals surface area contributed by atoms with Gasteiger partial charge in [-0.1, -0.05) is 0 Å². The fourth-order valence-corrected chi connectivity index (χ4v) is 2.27. The number of anilines is 1. The third kappa shape index (κ3) is 1.85. The van der Waals surface area contributed by atoms with Crippen molar-refractivity contribution >= 4 is 22.1 Å². The highest BCUT2D eigenvalue weighted by Gasteiger charge is 2.10. The third-order valence-electron chi connectivity index (χ3n) is 3.26. The third-order valence-corrected chi connectivity index (χ3v) is 3.26. The van der Waals surface area contributed by atoms with Gasteiger partial charge in [-0.3, -0.25) is 4.98 Å². The lowest BCUT2D eigenvalue weighted by Gasteiger charge is -2.09. The largest absolute Gasteiger partial charge is 0.435 e. The number of benzene rings is 1. The van der Waals surface area contributed by atoms with Crippen LogP contribution in [0.25, 0.3) is 16.4 Å². The van der Waals surface area contributed by atoms with Crippen LogP contribution in [0.1, 0.15) is 0 Å². The molecule has 0 fully saturated rings. The number of pyridine rings is 1. The molecule has 0 bridgehead atoms. The van der Waals surface area contributed by atoms with Crippen molar-refractivity contribution in [3.63, 3.8) is 0 Å². The highest BCUT2D eigenvalue weighted by molar-refractivity contribution is 5.94. The lowest BCUT2D eigenvalue weighted by molar-refractivity contribution is 0.470. The number of nitrogen functional groups attached to an aromatic ring is 1. The lowest BCUT2D eigenvalue weighted by Crippen LogP contribution is -1.96. The number of hydrogen-bond acceptors (Lipinski definition) is 5. The van der Waals surface area contributed by atoms with Crippen LogP contribution in [0.5, 0.6) is 11.6 Å². The summed E-state index contributed by atoms with van der Waals surface area (Å²) in [7, 11) is 0. The van der Waals surface area contributed by atoms with Crippen LogP contribution in [-0.4, -0.2) is 19.6 Å². The predicted octanol–water partition coefficient (Wildman–Crippen LogP) is 2.65. The molecule has 2 N–H and O–H groups in total. The normalized spacial score (nSPS) is 11.0. The van der Waals surface area contributed by atoms with Crippen molar-refractivity contribution in [2.24, 2.45) is 0 Å². The second-order valence-electron chi connectivity index (χ2n) is 4.55. The van der Waals surface area contributed by atoms with Crippen LogP contribution in [0.3, 0.4) is 0 Å². The Morgan fingerprint density at radius 2 is 1.95 bits per heavy atom. The number of ether oxygens (including phenoxy) is 1. The zero-order chi connectivity index (χ0) is 14.2. The second-order valence-corrected chi connectivity index (χ2v) is 4.55. The molecule has 0 aliphatic heterocycles. The average molecular weight is 277 g/mol. The predicted molar refractivity (Wildman–Crippen MR) is 79.2 cm³/mol. The Morgan fingerprint density at radius 3 is 2.90 bits per heavy atom. The van der Waals surface area contributed by atoms with Crippen LogP contribution in [-0.2, 0) is 0 Å². The van der Waals surface area contributed by atoms with Crippen LogP contribution in [0.15, 0.2) is 55.1 Å². The van der Waals surface area contributed by atoms with Crippen LogP contribution in [0.4, 0.5) is 5.69 Å². The van der Waals surface area contributed by atoms with E-state index in [9.17, 15) is 0 Å². The van der Waals surface area contributed by atoms with Crippen molar-refractivity contribution in [3.05, 3.63) is 55.1 Å². The van der Waals surface area contributed by atoms with Crippen molar-refractivity contribution in [1.29, 1.82) is 0 Å². The first-order chi connectivity index (χ1) is 10.3. The Labute approximate surface area is 119 Å². The first kappa shape index (κ1) is 11.7. The number of fused-ring (bicyclic) bond motifs is 2. The minimum atomic E-state index is 0.478. The summed E-state index contributed by atoms with van der Waals surface area (Å²) < 4.78 is 7.63. The monoisotopic (exact) mass is 277 g/mol. The van der Waals surface area contributed by atoms with E-state index < -0.39 is 0 Å². The van der Waals surface area contributed by atoms with Crippen LogP contribution >= 0.6 is 0 Å². The van der Waals surface area contributed by atoms with Crippen molar-refractivity contribution in [2.45, 2.75) is 0 Å². The molecule has 6 heteroatoms. The van der Waals surface area contributed by atoms with Gasteiger partial charge in [0.2, 0.25) is 5.88 Å². The van der Waals surface area contributed by atoms with Gasteiger partial charge < -0.3 is 10.5 Å². The first-order valence-electron chi connectivity index (χ1n) is 6.42. The minimum Gasteiger partial charge on any atom is -0.435 e. The topological polar surface area (TPSA) is 78.3 Å². The fraction of sp³-hybridized carbons (Fsp3) is 0. The van der Waals surface area contributed by atoms with Gasteiger partial charge in [0.15, 0.2) is 5.75 Å². The molecule has 0 amide bonds. The Balaban J connectivity index is 1.88. The average Bonchev–Trinajstić information content (AvgIpc) is 3.00. The van der Waals surface area contributed by atoms with Crippen LogP contribution in [0, 0.1) is 0 Å². The Bertz CT molecular complexity index is 947. The molecule has 6 nitrogen and oxygen atoms in total. The molecule has 0 radical (unpaired) electrons. The minimum absolute atomic E-state index is 0.478. The fourth-order valence-electron chi connectivity index (χ4n) is 2.27. The standard InChI is InChI=1S/C15H11N5O/c16-11-3-4-13(14-10(11)2-1-6-17-14)21-15-12-5-7-19-20(12)9-8-18-15/h1-9H,16H2. The Hall–Kier alpha value is -3.15. The molecule has 0 atom stereocenters. The summed E-state index contributed by atoms with van der Waals surface area (Å²) in [6.45, 7) is 0. The van der Waals surface area contributed by atoms with Gasteiger partial charge in [-0.05, 0) is 30.3 Å². The maximum absolute atomic E-state index is 5.97. The van der Waals surface area contributed by atoms with E-state index in [1.54, 1.807) is 41.4 Å². The number of rotatable bonds is 2. The highest BCUT2D eigenvalue weighted by Crippen LogP contribution is 2.32. The molecular weight excluding hydrogens is 266 g/mol. The van der Waals surface area contributed by atoms with E-state index in [4.69, 9.17) is 10.5 Å². The molecule has 102 valence electrons. The van der Waals surface area contributed by atoms with E-state index in [2.05, 4.69) is 15.1 Å². The molecule has 0 aliphatic rings. The molecule has 0 saturated heterocycles. The zero-order valence-corrected chi connectivity index (χ0v) is 11.0. The van der Waals surface area contributed by atoms with E-state index in [0.717, 1.165) is 10.9 Å². The van der Waals surface area contributed by atoms with Crippen molar-refractivity contribution in [3.8, 4) is 11.6 Å². The van der Waals surface area contributed by atoms with Crippen molar-refractivity contribution in [2.75, 3.05) is 5.73 Å². The van der Waals surface area contributed by atoms with E-state index in [0.29, 0.717) is 22.8 Å². The number of nitrogens with two attached hydrogens (primary N) is 1. The Morgan fingerprint density at radius 1 is 1.00 bits per heavy atom. The van der Waals surface area contributed by atoms with Gasteiger partial charge in [-0.15, -0.1) is 0 Å². The summed E-state index contributed by atoms with van der Waals surface area (Å²) in [4.78, 5) is 8.61. The molecular formula is C15H11N5O. The van der Waals surface area contributed by atoms with Gasteiger partial charge in [0, 0.05) is 29.7 Å². The van der Waals surface area contributed by atoms with E-state index in [-0.39, 0.29) is 0 Å². The maximum Gasteiger partial charge on any atom is 0.245 e. The molecule has 3 heterocycles. The van der Waals surface area contributed by atoms with Crippen molar-refractivity contribution in [1.82, 2.24) is 19.6 Å². The maximum atomic E-state index is 5.97. The van der Waals surface area contributed by atoms with E-state index in [1.807, 2.05) is 18.2 Å². The Kier molecular flexibility index (Phi) is 2.47. The van der Waals surface area contributed by atoms with Gasteiger partial charge in [-0.25, -0.2) is 9.50 Å². The first-order valence-corrected chi connectivity index (χ1v) is 6.42. The van der Waals surface area contributed by atoms with E-state index >= 15 is 0 Å². The molecule has 4 rings (SSSR count). The summed E-state index contributed by atoms with van der Waals surface area (Å²) in [6, 6.07) is 9.20. The highest BCUT2D eigenvalue weighted by atomic mass is 16.5. The van der Waals surface area contributed by atoms with Gasteiger partial charge >= 0.3 is 0 Å². The van der Waals surface area contributed by atoms with Gasteiger partial charge in [0.25, 0.3) is 0 Å². The lowest BCUT2D eigenvalue weighted by atomic mass is 10.2. The molecule has 21 heavy (non-hydrogen) atoms. The smallest absolute Gasteiger partial charge is 0.245 e. The molecule has 0 saturated carbocycles. The molecule has 0 unspecified atom stereocenters. The molecule has 1 aromatic carbocycles. The summed E-state index contributed by atoms with van der Waals surface area (Å²) in [5.74, 6) is 1.09. The van der Waals surface area contributed by atoms with Crippen LogP contribution in [0.2, 0.25) is 0 Å². The molecule has 0 aliphatic carbocycles. The number of hydrogen-bond donors (Lipinski definition) is 1. The summed E-state index contributed by atoms with van der Waals surface area (Å²) in [5, 5.41) is 5.02. The zero-order valence-electron chi connectivity index (χ0n) is 11.0. The van der Waals surface area contributed by atoms with Crippen molar-refractivity contribution < 1.29 is 4.74 Å². The molecule has 3 aromatic heterocycles. The summed E-state index contributed by atoms with van der Waals surface area (Å²) in [6.07, 6.45) is 6.81. The SMILES string of the molecule is Nc1ccc(Oc2nccn3nccc23)c2ncccc12. The van der Waals surface area contributed by atoms with E-state index in [1.165, 1.54) is 0 Å². The number of nitrogens with zero attached hydrogens (tertiary/aromatic N) is 4. The second kappa shape index (κ2) is 4.45. The summed E-state index contributed by atoms with van der Waals surface area (Å²) in [5.41, 5.74) is 8.13. The van der Waals surface area contributed by atoms with Gasteiger partial charge in [0.1, 0.15) is 11.0 Å². The van der Waals surface area contributed by atoms with Gasteiger partial charge in [-0.2, -0.15) is 5.10 Å². The quantitative estimate of drug-likeness (QED) is 0.570.